The zero-order chi connectivity index (χ0) is 32.1. The molecule has 3 aromatic rings. The van der Waals surface area contributed by atoms with Gasteiger partial charge in [0.1, 0.15) is 0 Å². The number of carboxylic acid groups (broad SMARTS) is 1. The molecule has 0 saturated heterocycles. The van der Waals surface area contributed by atoms with E-state index < -0.39 is 5.97 Å². The minimum atomic E-state index is -0.833. The number of nitrogens with zero attached hydrogens (tertiary/aromatic N) is 2. The Balaban J connectivity index is 0.00000104. The summed E-state index contributed by atoms with van der Waals surface area (Å²) in [5.74, 6) is -0.833. The number of rotatable bonds is 8. The summed E-state index contributed by atoms with van der Waals surface area (Å²) in [5.41, 5.74) is 20.4. The third-order valence-electron chi connectivity index (χ3n) is 8.93. The van der Waals surface area contributed by atoms with Crippen molar-refractivity contribution in [1.29, 1.82) is 0 Å². The van der Waals surface area contributed by atoms with E-state index in [0.717, 1.165) is 69.7 Å². The molecule has 0 spiro atoms. The normalized spacial score (nSPS) is 12.2. The Morgan fingerprint density at radius 1 is 0.578 bits per heavy atom. The molecule has 0 aliphatic carbocycles. The van der Waals surface area contributed by atoms with Gasteiger partial charge in [-0.15, -0.1) is 0 Å². The van der Waals surface area contributed by atoms with E-state index in [2.05, 4.69) is 89.6 Å². The number of carbonyl (C=O) groups is 1. The fourth-order valence-electron chi connectivity index (χ4n) is 7.12. The molecule has 242 valence electrons. The molecule has 45 heavy (non-hydrogen) atoms. The van der Waals surface area contributed by atoms with Crippen LogP contribution in [0.4, 0.5) is 0 Å². The number of aryl methyl sites for hydroxylation is 6. The number of nitrogens with one attached hydrogen (secondary N) is 2. The van der Waals surface area contributed by atoms with E-state index in [-0.39, 0.29) is 17.1 Å². The average Bonchev–Trinajstić information content (AvgIpc) is 3.77. The Labute approximate surface area is 279 Å². The van der Waals surface area contributed by atoms with Crippen LogP contribution in [-0.4, -0.2) is 31.0 Å². The number of aliphatic carboxylic acids is 1. The van der Waals surface area contributed by atoms with Gasteiger partial charge in [-0.1, -0.05) is 55.4 Å². The third kappa shape index (κ3) is 6.90. The second kappa shape index (κ2) is 15.7. The molecule has 0 radical (unpaired) electrons. The molecular weight excluding hydrogens is 600 g/mol. The number of H-pyrrole nitrogens is 2. The SMILES string of the molecule is CC(=O)O.CCC1=C(CC)c2nc1c(CC)c1[nH]c(cc3nc(cc4[nH]c(c2CC)c(CC)c4CC)C=C3)c(CC)c1CC.[Fe]. The van der Waals surface area contributed by atoms with Crippen LogP contribution in [0.3, 0.4) is 0 Å². The van der Waals surface area contributed by atoms with Crippen molar-refractivity contribution in [2.24, 2.45) is 0 Å². The van der Waals surface area contributed by atoms with Crippen molar-refractivity contribution in [3.8, 4) is 0 Å². The first-order valence-corrected chi connectivity index (χ1v) is 16.6. The van der Waals surface area contributed by atoms with Crippen molar-refractivity contribution in [2.45, 2.75) is 114 Å². The Bertz CT molecular complexity index is 1670. The molecule has 0 amide bonds. The zero-order valence-corrected chi connectivity index (χ0v) is 29.7. The van der Waals surface area contributed by atoms with Gasteiger partial charge in [-0.25, -0.2) is 9.97 Å². The van der Waals surface area contributed by atoms with Crippen molar-refractivity contribution < 1.29 is 27.0 Å². The molecule has 5 heterocycles. The number of hydrogen-bond acceptors (Lipinski definition) is 3. The average molecular weight is 651 g/mol. The summed E-state index contributed by atoms with van der Waals surface area (Å²) >= 11 is 0. The van der Waals surface area contributed by atoms with Gasteiger partial charge >= 0.3 is 0 Å². The Kier molecular flexibility index (Phi) is 12.6. The molecular formula is C38H50FeN4O2. The number of aromatic amines is 2. The Morgan fingerprint density at radius 2 is 0.911 bits per heavy atom. The van der Waals surface area contributed by atoms with Crippen LogP contribution < -0.4 is 0 Å². The van der Waals surface area contributed by atoms with E-state index in [1.165, 1.54) is 78.0 Å². The summed E-state index contributed by atoms with van der Waals surface area (Å²) < 4.78 is 0. The molecule has 6 nitrogen and oxygen atoms in total. The summed E-state index contributed by atoms with van der Waals surface area (Å²) in [5, 5.41) is 7.42. The summed E-state index contributed by atoms with van der Waals surface area (Å²) in [7, 11) is 0. The molecule has 2 aliphatic heterocycles. The maximum atomic E-state index is 9.00. The topological polar surface area (TPSA) is 94.7 Å². The first-order chi connectivity index (χ1) is 21.2. The van der Waals surface area contributed by atoms with Crippen LogP contribution in [0.2, 0.25) is 0 Å². The standard InChI is InChI=1S/C36H46N4.C2H4O2.Fe/c1-9-23-25(11-3)33-29(15-7)35-27(13-5)28(14-6)36(40-35)30(16-8)34-26(12-4)24(10-2)32(39-34)20-22-18-17-21(37-22)19-31(23)38-33;1-2(3)4;/h17-20,38-39H,9-16H2,1-8H3;1H3,(H,3,4);. The first kappa shape index (κ1) is 36.1. The van der Waals surface area contributed by atoms with E-state index in [4.69, 9.17) is 19.9 Å². The van der Waals surface area contributed by atoms with Gasteiger partial charge in [0.05, 0.1) is 22.8 Å². The van der Waals surface area contributed by atoms with Crippen LogP contribution in [0.25, 0.3) is 45.4 Å². The molecule has 3 N–H and O–H groups in total. The van der Waals surface area contributed by atoms with E-state index in [1.807, 2.05) is 0 Å². The van der Waals surface area contributed by atoms with Crippen molar-refractivity contribution in [3.05, 3.63) is 68.3 Å². The largest absolute Gasteiger partial charge is 0.481 e. The van der Waals surface area contributed by atoms with Crippen LogP contribution in [-0.2, 0) is 60.4 Å². The predicted molar refractivity (Wildman–Crippen MR) is 187 cm³/mol. The maximum Gasteiger partial charge on any atom is 0.300 e. The summed E-state index contributed by atoms with van der Waals surface area (Å²) in [6.45, 7) is 19.3. The number of fused-ring (bicyclic) bond motifs is 8. The molecule has 8 bridgehead atoms. The summed E-state index contributed by atoms with van der Waals surface area (Å²) in [6, 6.07) is 4.47. The van der Waals surface area contributed by atoms with Gasteiger partial charge < -0.3 is 15.1 Å². The Hall–Kier alpha value is -3.41. The minimum absolute atomic E-state index is 0. The van der Waals surface area contributed by atoms with Gasteiger partial charge in [0.25, 0.3) is 5.97 Å². The fraction of sp³-hybridized carbons (Fsp3) is 0.447. The van der Waals surface area contributed by atoms with Crippen molar-refractivity contribution >= 4 is 51.3 Å². The van der Waals surface area contributed by atoms with Crippen molar-refractivity contribution in [3.63, 3.8) is 0 Å². The summed E-state index contributed by atoms with van der Waals surface area (Å²) in [4.78, 5) is 27.4. The number of carboxylic acids is 1. The minimum Gasteiger partial charge on any atom is -0.481 e. The third-order valence-corrected chi connectivity index (χ3v) is 8.93. The van der Waals surface area contributed by atoms with Gasteiger partial charge in [-0.3, -0.25) is 4.79 Å². The molecule has 0 fully saturated rings. The van der Waals surface area contributed by atoms with Gasteiger partial charge in [0.2, 0.25) is 0 Å². The molecule has 2 aliphatic rings. The second-order valence-corrected chi connectivity index (χ2v) is 11.4. The van der Waals surface area contributed by atoms with Gasteiger partial charge in [-0.2, -0.15) is 0 Å². The van der Waals surface area contributed by atoms with Crippen molar-refractivity contribution in [1.82, 2.24) is 19.9 Å². The molecule has 3 aromatic heterocycles. The predicted octanol–water partition coefficient (Wildman–Crippen LogP) is 9.68. The molecule has 0 unspecified atom stereocenters. The second-order valence-electron chi connectivity index (χ2n) is 11.4. The van der Waals surface area contributed by atoms with Gasteiger partial charge in [0.15, 0.2) is 0 Å². The monoisotopic (exact) mass is 650 g/mol. The number of hydrogen-bond donors (Lipinski definition) is 3. The van der Waals surface area contributed by atoms with E-state index in [0.29, 0.717) is 0 Å². The number of allylic oxidation sites excluding steroid dienone is 2. The van der Waals surface area contributed by atoms with Crippen LogP contribution in [0.5, 0.6) is 0 Å². The van der Waals surface area contributed by atoms with Gasteiger partial charge in [0, 0.05) is 57.2 Å². The van der Waals surface area contributed by atoms with Crippen LogP contribution in [0.1, 0.15) is 131 Å². The summed E-state index contributed by atoms with van der Waals surface area (Å²) in [6.07, 6.45) is 12.1. The fourth-order valence-corrected chi connectivity index (χ4v) is 7.12. The zero-order valence-electron chi connectivity index (χ0n) is 28.6. The maximum absolute atomic E-state index is 9.00. The van der Waals surface area contributed by atoms with Crippen LogP contribution in [0.15, 0.2) is 12.1 Å². The van der Waals surface area contributed by atoms with Crippen molar-refractivity contribution in [2.75, 3.05) is 0 Å². The molecule has 5 rings (SSSR count). The van der Waals surface area contributed by atoms with E-state index in [9.17, 15) is 0 Å². The quantitative estimate of drug-likeness (QED) is 0.166. The molecule has 7 heteroatoms. The van der Waals surface area contributed by atoms with Gasteiger partial charge in [-0.05, 0) is 109 Å². The molecule has 0 atom stereocenters. The molecule has 0 aromatic carbocycles. The van der Waals surface area contributed by atoms with E-state index >= 15 is 0 Å². The first-order valence-electron chi connectivity index (χ1n) is 16.6. The van der Waals surface area contributed by atoms with E-state index in [1.54, 1.807) is 0 Å². The number of aromatic nitrogens is 4. The Morgan fingerprint density at radius 3 is 1.20 bits per heavy atom. The molecule has 0 saturated carbocycles. The smallest absolute Gasteiger partial charge is 0.300 e. The van der Waals surface area contributed by atoms with Crippen LogP contribution >= 0.6 is 0 Å². The van der Waals surface area contributed by atoms with Crippen LogP contribution in [0, 0.1) is 0 Å².